The molecule has 0 saturated carbocycles. The average Bonchev–Trinajstić information content (AvgIpc) is 2.59. The molecule has 0 unspecified atom stereocenters. The molecule has 2 aromatic rings. The molecule has 0 radical (unpaired) electrons. The third-order valence-corrected chi connectivity index (χ3v) is 7.06. The summed E-state index contributed by atoms with van der Waals surface area (Å²) in [6.45, 7) is 15.9. The van der Waals surface area contributed by atoms with Gasteiger partial charge in [-0.25, -0.2) is 0 Å². The third-order valence-electron chi connectivity index (χ3n) is 7.06. The molecule has 0 saturated heterocycles. The summed E-state index contributed by atoms with van der Waals surface area (Å²) in [4.78, 5) is 2.43. The van der Waals surface area contributed by atoms with Crippen LogP contribution in [0.1, 0.15) is 73.9 Å². The Labute approximate surface area is 165 Å². The molecule has 1 aliphatic carbocycles. The Morgan fingerprint density at radius 2 is 1.41 bits per heavy atom. The van der Waals surface area contributed by atoms with Gasteiger partial charge in [-0.1, -0.05) is 39.8 Å². The normalized spacial score (nSPS) is 19.9. The fourth-order valence-corrected chi connectivity index (χ4v) is 4.84. The van der Waals surface area contributed by atoms with Gasteiger partial charge in [0.2, 0.25) is 0 Å². The Bertz CT molecular complexity index is 905. The van der Waals surface area contributed by atoms with E-state index in [-0.39, 0.29) is 10.8 Å². The maximum Gasteiger partial charge on any atom is 0.0446 e. The Morgan fingerprint density at radius 3 is 2.07 bits per heavy atom. The van der Waals surface area contributed by atoms with Crippen LogP contribution in [0.5, 0.6) is 0 Å². The van der Waals surface area contributed by atoms with Crippen molar-refractivity contribution in [1.82, 2.24) is 0 Å². The van der Waals surface area contributed by atoms with Crippen molar-refractivity contribution in [2.75, 3.05) is 17.3 Å². The van der Waals surface area contributed by atoms with Crippen molar-refractivity contribution in [3.05, 3.63) is 57.6 Å². The summed E-state index contributed by atoms with van der Waals surface area (Å²) in [6.07, 6.45) is 2.52. The van der Waals surface area contributed by atoms with Crippen LogP contribution >= 0.6 is 0 Å². The van der Waals surface area contributed by atoms with Gasteiger partial charge in [0.1, 0.15) is 0 Å². The minimum atomic E-state index is 0.251. The highest BCUT2D eigenvalue weighted by molar-refractivity contribution is 5.65. The molecule has 0 atom stereocenters. The molecule has 2 heteroatoms. The topological polar surface area (TPSA) is 15.3 Å². The van der Waals surface area contributed by atoms with Crippen molar-refractivity contribution in [2.45, 2.75) is 78.3 Å². The SMILES string of the molecule is Cc1cc2c(cc1C)N(C)Cc1cc3c(cc1NC2)C(C)(C)CCC3(C)C. The first kappa shape index (κ1) is 18.4. The van der Waals surface area contributed by atoms with E-state index in [2.05, 4.69) is 83.1 Å². The summed E-state index contributed by atoms with van der Waals surface area (Å²) >= 11 is 0. The van der Waals surface area contributed by atoms with Gasteiger partial charge in [0.15, 0.2) is 0 Å². The monoisotopic (exact) mass is 362 g/mol. The molecule has 1 heterocycles. The van der Waals surface area contributed by atoms with E-state index in [1.54, 1.807) is 5.56 Å². The number of fused-ring (bicyclic) bond motifs is 3. The molecular weight excluding hydrogens is 328 g/mol. The predicted octanol–water partition coefficient (Wildman–Crippen LogP) is 6.21. The summed E-state index contributed by atoms with van der Waals surface area (Å²) in [5.74, 6) is 0. The van der Waals surface area contributed by atoms with Crippen LogP contribution in [0.3, 0.4) is 0 Å². The van der Waals surface area contributed by atoms with E-state index in [4.69, 9.17) is 0 Å². The minimum Gasteiger partial charge on any atom is -0.381 e. The summed E-state index contributed by atoms with van der Waals surface area (Å²) in [5, 5.41) is 3.78. The van der Waals surface area contributed by atoms with Gasteiger partial charge in [-0.2, -0.15) is 0 Å². The number of nitrogens with zero attached hydrogens (tertiary/aromatic N) is 1. The summed E-state index contributed by atoms with van der Waals surface area (Å²) in [6, 6.07) is 9.67. The quantitative estimate of drug-likeness (QED) is 0.599. The lowest BCUT2D eigenvalue weighted by atomic mass is 9.63. The van der Waals surface area contributed by atoms with Gasteiger partial charge in [-0.05, 0) is 83.0 Å². The Morgan fingerprint density at radius 1 is 0.815 bits per heavy atom. The van der Waals surface area contributed by atoms with Crippen molar-refractivity contribution in [1.29, 1.82) is 0 Å². The highest BCUT2D eigenvalue weighted by Gasteiger charge is 2.38. The van der Waals surface area contributed by atoms with E-state index in [9.17, 15) is 0 Å². The van der Waals surface area contributed by atoms with Crippen molar-refractivity contribution < 1.29 is 0 Å². The van der Waals surface area contributed by atoms with Crippen molar-refractivity contribution in [2.24, 2.45) is 0 Å². The number of rotatable bonds is 0. The van der Waals surface area contributed by atoms with Crippen molar-refractivity contribution in [3.63, 3.8) is 0 Å². The Balaban J connectivity index is 1.83. The molecule has 0 spiro atoms. The van der Waals surface area contributed by atoms with Crippen molar-refractivity contribution in [3.8, 4) is 0 Å². The zero-order valence-corrected chi connectivity index (χ0v) is 18.1. The van der Waals surface area contributed by atoms with Crippen LogP contribution in [0.25, 0.3) is 0 Å². The minimum absolute atomic E-state index is 0.251. The molecular formula is C25H34N2. The average molecular weight is 363 g/mol. The molecule has 0 fully saturated rings. The van der Waals surface area contributed by atoms with E-state index in [0.717, 1.165) is 13.1 Å². The number of benzene rings is 2. The highest BCUT2D eigenvalue weighted by Crippen LogP contribution is 2.47. The van der Waals surface area contributed by atoms with Crippen LogP contribution in [0.4, 0.5) is 11.4 Å². The van der Waals surface area contributed by atoms with Gasteiger partial charge in [-0.3, -0.25) is 0 Å². The van der Waals surface area contributed by atoms with E-state index < -0.39 is 0 Å². The standard InChI is InChI=1S/C25H34N2/c1-16-10-18-14-26-22-13-21-20(24(3,4)8-9-25(21,5)6)12-19(22)15-27(7)23(18)11-17(16)2/h10-13,26H,8-9,14-15H2,1-7H3. The molecule has 0 amide bonds. The molecule has 0 bridgehead atoms. The summed E-state index contributed by atoms with van der Waals surface area (Å²) in [7, 11) is 2.23. The first-order valence-corrected chi connectivity index (χ1v) is 10.3. The molecule has 27 heavy (non-hydrogen) atoms. The predicted molar refractivity (Wildman–Crippen MR) is 117 cm³/mol. The fraction of sp³-hybridized carbons (Fsp3) is 0.520. The van der Waals surface area contributed by atoms with Gasteiger partial charge in [-0.15, -0.1) is 0 Å². The first-order valence-electron chi connectivity index (χ1n) is 10.3. The second kappa shape index (κ2) is 6.02. The van der Waals surface area contributed by atoms with Gasteiger partial charge in [0.05, 0.1) is 0 Å². The summed E-state index contributed by atoms with van der Waals surface area (Å²) in [5.41, 5.74) is 11.8. The van der Waals surface area contributed by atoms with Gasteiger partial charge in [0, 0.05) is 31.5 Å². The van der Waals surface area contributed by atoms with Gasteiger partial charge >= 0.3 is 0 Å². The van der Waals surface area contributed by atoms with Crippen LogP contribution < -0.4 is 10.2 Å². The highest BCUT2D eigenvalue weighted by atomic mass is 15.1. The van der Waals surface area contributed by atoms with Crippen LogP contribution in [0.15, 0.2) is 24.3 Å². The summed E-state index contributed by atoms with van der Waals surface area (Å²) < 4.78 is 0. The van der Waals surface area contributed by atoms with E-state index in [1.165, 1.54) is 52.0 Å². The molecule has 2 aliphatic rings. The van der Waals surface area contributed by atoms with Crippen LogP contribution in [0.2, 0.25) is 0 Å². The maximum absolute atomic E-state index is 3.78. The lowest BCUT2D eigenvalue weighted by Gasteiger charge is -2.43. The number of nitrogens with one attached hydrogen (secondary N) is 1. The molecule has 1 aliphatic heterocycles. The molecule has 4 rings (SSSR count). The zero-order chi connectivity index (χ0) is 19.6. The van der Waals surface area contributed by atoms with E-state index in [1.807, 2.05) is 0 Å². The Hall–Kier alpha value is -1.96. The number of hydrogen-bond donors (Lipinski definition) is 1. The van der Waals surface area contributed by atoms with Gasteiger partial charge < -0.3 is 10.2 Å². The fourth-order valence-electron chi connectivity index (χ4n) is 4.84. The maximum atomic E-state index is 3.78. The van der Waals surface area contributed by atoms with Crippen LogP contribution in [-0.4, -0.2) is 7.05 Å². The molecule has 144 valence electrons. The first-order chi connectivity index (χ1) is 12.6. The van der Waals surface area contributed by atoms with Crippen LogP contribution in [0, 0.1) is 13.8 Å². The largest absolute Gasteiger partial charge is 0.381 e. The lowest BCUT2D eigenvalue weighted by Crippen LogP contribution is -2.34. The lowest BCUT2D eigenvalue weighted by molar-refractivity contribution is 0.331. The molecule has 2 aromatic carbocycles. The van der Waals surface area contributed by atoms with Crippen LogP contribution in [-0.2, 0) is 23.9 Å². The Kier molecular flexibility index (Phi) is 4.10. The number of aryl methyl sites for hydroxylation is 2. The van der Waals surface area contributed by atoms with E-state index in [0.29, 0.717) is 0 Å². The molecule has 2 nitrogen and oxygen atoms in total. The molecule has 1 N–H and O–H groups in total. The third kappa shape index (κ3) is 3.03. The second-order valence-corrected chi connectivity index (χ2v) is 10.1. The second-order valence-electron chi connectivity index (χ2n) is 10.1. The number of anilines is 2. The molecule has 0 aromatic heterocycles. The van der Waals surface area contributed by atoms with E-state index >= 15 is 0 Å². The van der Waals surface area contributed by atoms with Gasteiger partial charge in [0.25, 0.3) is 0 Å². The zero-order valence-electron chi connectivity index (χ0n) is 18.1. The smallest absolute Gasteiger partial charge is 0.0446 e. The number of hydrogen-bond acceptors (Lipinski definition) is 2. The van der Waals surface area contributed by atoms with Crippen molar-refractivity contribution >= 4 is 11.4 Å².